The Kier molecular flexibility index (Phi) is 4.68. The number of nitrogens with one attached hydrogen (secondary N) is 1. The predicted octanol–water partition coefficient (Wildman–Crippen LogP) is 4.52. The first kappa shape index (κ1) is 19.9. The van der Waals surface area contributed by atoms with Gasteiger partial charge in [0.1, 0.15) is 0 Å². The van der Waals surface area contributed by atoms with Gasteiger partial charge in [0.05, 0.1) is 16.0 Å². The molecule has 29 heavy (non-hydrogen) atoms. The monoisotopic (exact) mass is 447 g/mol. The van der Waals surface area contributed by atoms with Crippen LogP contribution >= 0.6 is 22.9 Å². The minimum absolute atomic E-state index is 0.0411. The molecule has 0 radical (unpaired) electrons. The second-order valence-corrected chi connectivity index (χ2v) is 10.3. The van der Waals surface area contributed by atoms with Crippen molar-refractivity contribution in [3.05, 3.63) is 58.4 Å². The number of thiazole rings is 1. The van der Waals surface area contributed by atoms with Gasteiger partial charge in [-0.25, -0.2) is 13.4 Å². The number of benzene rings is 2. The van der Waals surface area contributed by atoms with Crippen LogP contribution in [0, 0.1) is 0 Å². The molecule has 2 heterocycles. The second-order valence-electron chi connectivity index (χ2n) is 7.32. The zero-order chi connectivity index (χ0) is 21.0. The highest BCUT2D eigenvalue weighted by Gasteiger charge is 2.42. The Balaban J connectivity index is 1.63. The molecule has 0 aliphatic carbocycles. The number of rotatable bonds is 4. The summed E-state index contributed by atoms with van der Waals surface area (Å²) in [4.78, 5) is 18.7. The lowest BCUT2D eigenvalue weighted by Crippen LogP contribution is -2.33. The molecular weight excluding hydrogens is 430 g/mol. The molecule has 2 aromatic carbocycles. The van der Waals surface area contributed by atoms with Gasteiger partial charge in [-0.15, -0.1) is 11.3 Å². The van der Waals surface area contributed by atoms with Crippen LogP contribution in [0.4, 0.5) is 10.8 Å². The van der Waals surface area contributed by atoms with Crippen LogP contribution in [0.5, 0.6) is 0 Å². The van der Waals surface area contributed by atoms with Crippen molar-refractivity contribution in [3.63, 3.8) is 0 Å². The average Bonchev–Trinajstić information content (AvgIpc) is 3.20. The molecular formula is C20H18ClN3O3S2. The van der Waals surface area contributed by atoms with Gasteiger partial charge in [0.15, 0.2) is 5.13 Å². The molecule has 1 aliphatic rings. The van der Waals surface area contributed by atoms with Crippen LogP contribution in [0.15, 0.2) is 52.7 Å². The van der Waals surface area contributed by atoms with Gasteiger partial charge in [-0.05, 0) is 55.8 Å². The van der Waals surface area contributed by atoms with Crippen LogP contribution in [0.2, 0.25) is 5.02 Å². The van der Waals surface area contributed by atoms with Crippen LogP contribution in [0.1, 0.15) is 19.4 Å². The first-order chi connectivity index (χ1) is 13.6. The number of nitrogens with zero attached hydrogens (tertiary/aromatic N) is 2. The quantitative estimate of drug-likeness (QED) is 0.637. The van der Waals surface area contributed by atoms with Gasteiger partial charge in [0.25, 0.3) is 10.0 Å². The summed E-state index contributed by atoms with van der Waals surface area (Å²) in [6.45, 7) is 3.79. The summed E-state index contributed by atoms with van der Waals surface area (Å²) in [6, 6.07) is 11.7. The maximum absolute atomic E-state index is 12.5. The van der Waals surface area contributed by atoms with E-state index in [2.05, 4.69) is 9.71 Å². The molecule has 1 N–H and O–H groups in total. The Morgan fingerprint density at radius 3 is 2.52 bits per heavy atom. The first-order valence-corrected chi connectivity index (χ1v) is 11.5. The molecule has 1 amide bonds. The number of amides is 1. The van der Waals surface area contributed by atoms with Crippen LogP contribution in [0.25, 0.3) is 11.3 Å². The minimum atomic E-state index is -3.75. The molecule has 9 heteroatoms. The van der Waals surface area contributed by atoms with Gasteiger partial charge in [-0.1, -0.05) is 17.7 Å². The van der Waals surface area contributed by atoms with Crippen LogP contribution in [-0.4, -0.2) is 26.4 Å². The van der Waals surface area contributed by atoms with E-state index in [1.54, 1.807) is 17.3 Å². The minimum Gasteiger partial charge on any atom is -0.314 e. The van der Waals surface area contributed by atoms with Crippen molar-refractivity contribution in [1.29, 1.82) is 0 Å². The lowest BCUT2D eigenvalue weighted by atomic mass is 9.85. The molecule has 0 atom stereocenters. The molecule has 0 saturated carbocycles. The van der Waals surface area contributed by atoms with Crippen molar-refractivity contribution in [2.75, 3.05) is 16.7 Å². The summed E-state index contributed by atoms with van der Waals surface area (Å²) in [6.07, 6.45) is 0. The summed E-state index contributed by atoms with van der Waals surface area (Å²) in [5.74, 6) is 0.0411. The fourth-order valence-electron chi connectivity index (χ4n) is 3.37. The Bertz CT molecular complexity index is 1220. The summed E-state index contributed by atoms with van der Waals surface area (Å²) in [5.41, 5.74) is 2.66. The number of likely N-dealkylation sites (N-methyl/N-ethyl adjacent to an activating group) is 1. The van der Waals surface area contributed by atoms with Crippen molar-refractivity contribution in [2.24, 2.45) is 0 Å². The number of hydrogen-bond acceptors (Lipinski definition) is 5. The third-order valence-electron chi connectivity index (χ3n) is 5.02. The largest absolute Gasteiger partial charge is 0.314 e. The van der Waals surface area contributed by atoms with Gasteiger partial charge < -0.3 is 4.90 Å². The number of sulfonamides is 1. The molecule has 4 rings (SSSR count). The number of carbonyl (C=O) groups is 1. The average molecular weight is 448 g/mol. The van der Waals surface area contributed by atoms with Crippen molar-refractivity contribution in [2.45, 2.75) is 24.2 Å². The number of fused-ring (bicyclic) bond motifs is 1. The normalized spacial score (nSPS) is 15.4. The molecule has 1 aromatic heterocycles. The van der Waals surface area contributed by atoms with E-state index >= 15 is 0 Å². The van der Waals surface area contributed by atoms with Crippen LogP contribution < -0.4 is 9.62 Å². The van der Waals surface area contributed by atoms with Gasteiger partial charge >= 0.3 is 0 Å². The maximum Gasteiger partial charge on any atom is 0.263 e. The number of carbonyl (C=O) groups excluding carboxylic acids is 1. The van der Waals surface area contributed by atoms with E-state index in [4.69, 9.17) is 11.6 Å². The predicted molar refractivity (Wildman–Crippen MR) is 116 cm³/mol. The van der Waals surface area contributed by atoms with E-state index in [0.29, 0.717) is 10.7 Å². The van der Waals surface area contributed by atoms with E-state index in [1.807, 2.05) is 32.0 Å². The molecule has 0 spiro atoms. The summed E-state index contributed by atoms with van der Waals surface area (Å²) in [7, 11) is -1.99. The number of aromatic nitrogens is 1. The van der Waals surface area contributed by atoms with E-state index in [1.165, 1.54) is 35.6 Å². The van der Waals surface area contributed by atoms with E-state index in [-0.39, 0.29) is 15.9 Å². The third kappa shape index (κ3) is 3.41. The van der Waals surface area contributed by atoms with Gasteiger partial charge in [0.2, 0.25) is 5.91 Å². The molecule has 150 valence electrons. The fraction of sp³-hybridized carbons (Fsp3) is 0.200. The molecule has 0 unspecified atom stereocenters. The highest BCUT2D eigenvalue weighted by atomic mass is 35.5. The van der Waals surface area contributed by atoms with E-state index in [0.717, 1.165) is 16.8 Å². The Labute approximate surface area is 178 Å². The molecule has 3 aromatic rings. The Morgan fingerprint density at radius 2 is 1.83 bits per heavy atom. The van der Waals surface area contributed by atoms with Crippen LogP contribution in [0.3, 0.4) is 0 Å². The SMILES string of the molecule is CN1C(=O)C(C)(C)c2cc(-c3csc(NS(=O)(=O)c4ccc(Cl)cc4)n3)ccc21. The van der Waals surface area contributed by atoms with Crippen LogP contribution in [-0.2, 0) is 20.2 Å². The first-order valence-electron chi connectivity index (χ1n) is 8.76. The molecule has 0 bridgehead atoms. The third-order valence-corrected chi connectivity index (χ3v) is 7.51. The van der Waals surface area contributed by atoms with Crippen molar-refractivity contribution in [3.8, 4) is 11.3 Å². The lowest BCUT2D eigenvalue weighted by Gasteiger charge is -2.16. The lowest BCUT2D eigenvalue weighted by molar-refractivity contribution is -0.121. The fourth-order valence-corrected chi connectivity index (χ4v) is 5.47. The smallest absolute Gasteiger partial charge is 0.263 e. The van der Waals surface area contributed by atoms with E-state index in [9.17, 15) is 13.2 Å². The molecule has 0 fully saturated rings. The number of anilines is 2. The Morgan fingerprint density at radius 1 is 1.14 bits per heavy atom. The Hall–Kier alpha value is -2.42. The molecule has 1 aliphatic heterocycles. The zero-order valence-corrected chi connectivity index (χ0v) is 18.3. The highest BCUT2D eigenvalue weighted by Crippen LogP contribution is 2.42. The van der Waals surface area contributed by atoms with Gasteiger partial charge in [0, 0.05) is 28.7 Å². The van der Waals surface area contributed by atoms with Crippen molar-refractivity contribution < 1.29 is 13.2 Å². The van der Waals surface area contributed by atoms with Gasteiger partial charge in [-0.2, -0.15) is 0 Å². The van der Waals surface area contributed by atoms with E-state index < -0.39 is 15.4 Å². The summed E-state index contributed by atoms with van der Waals surface area (Å²) < 4.78 is 27.6. The van der Waals surface area contributed by atoms with Gasteiger partial charge in [-0.3, -0.25) is 9.52 Å². The molecule has 6 nitrogen and oxygen atoms in total. The second kappa shape index (κ2) is 6.83. The van der Waals surface area contributed by atoms with Crippen molar-refractivity contribution >= 4 is 49.7 Å². The molecule has 0 saturated heterocycles. The number of hydrogen-bond donors (Lipinski definition) is 1. The van der Waals surface area contributed by atoms with Crippen molar-refractivity contribution in [1.82, 2.24) is 4.98 Å². The highest BCUT2D eigenvalue weighted by molar-refractivity contribution is 7.93. The number of halogens is 1. The summed E-state index contributed by atoms with van der Waals surface area (Å²) >= 11 is 7.02. The zero-order valence-electron chi connectivity index (χ0n) is 15.9. The summed E-state index contributed by atoms with van der Waals surface area (Å²) in [5, 5.41) is 2.52. The maximum atomic E-state index is 12.5. The topological polar surface area (TPSA) is 79.4 Å². The standard InChI is InChI=1S/C20H18ClN3O3S2/c1-20(2)15-10-12(4-9-17(15)24(3)18(20)25)16-11-28-19(22-16)23-29(26,27)14-7-5-13(21)6-8-14/h4-11H,1-3H3,(H,22,23).